The fraction of sp³-hybridized carbons (Fsp3) is 0.176. The molecular formula is C17H16ClN3O6. The summed E-state index contributed by atoms with van der Waals surface area (Å²) in [5.74, 6) is 0.363. The van der Waals surface area contributed by atoms with E-state index in [9.17, 15) is 14.9 Å². The van der Waals surface area contributed by atoms with Gasteiger partial charge in [-0.1, -0.05) is 11.6 Å². The molecule has 9 nitrogen and oxygen atoms in total. The van der Waals surface area contributed by atoms with Crippen molar-refractivity contribution >= 4 is 29.4 Å². The average Bonchev–Trinajstić information content (AvgIpc) is 2.67. The molecule has 0 saturated heterocycles. The second kappa shape index (κ2) is 8.86. The second-order valence-corrected chi connectivity index (χ2v) is 5.48. The SMILES string of the molecule is COc1cc(OC)c(/C=N\NC(=O)c2cc([N+](=O)[O-])ccc2OC)cc1Cl. The number of rotatable bonds is 7. The van der Waals surface area contributed by atoms with Gasteiger partial charge in [-0.2, -0.15) is 5.10 Å². The maximum absolute atomic E-state index is 12.3. The third-order valence-corrected chi connectivity index (χ3v) is 3.81. The number of carbonyl (C=O) groups excluding carboxylic acids is 1. The molecule has 0 saturated carbocycles. The van der Waals surface area contributed by atoms with Gasteiger partial charge in [-0.15, -0.1) is 0 Å². The van der Waals surface area contributed by atoms with Crippen LogP contribution < -0.4 is 19.6 Å². The molecule has 142 valence electrons. The van der Waals surface area contributed by atoms with Crippen molar-refractivity contribution in [3.8, 4) is 17.2 Å². The summed E-state index contributed by atoms with van der Waals surface area (Å²) in [6.07, 6.45) is 1.33. The lowest BCUT2D eigenvalue weighted by Gasteiger charge is -2.09. The largest absolute Gasteiger partial charge is 0.496 e. The Bertz CT molecular complexity index is 900. The first-order chi connectivity index (χ1) is 12.9. The molecule has 2 rings (SSSR count). The van der Waals surface area contributed by atoms with Crippen molar-refractivity contribution in [2.75, 3.05) is 21.3 Å². The maximum atomic E-state index is 12.3. The highest BCUT2D eigenvalue weighted by atomic mass is 35.5. The predicted octanol–water partition coefficient (Wildman–Crippen LogP) is 3.04. The Morgan fingerprint density at radius 3 is 2.37 bits per heavy atom. The molecule has 0 aliphatic heterocycles. The monoisotopic (exact) mass is 393 g/mol. The Kier molecular flexibility index (Phi) is 6.56. The van der Waals surface area contributed by atoms with Gasteiger partial charge in [-0.3, -0.25) is 14.9 Å². The number of methoxy groups -OCH3 is 3. The molecular weight excluding hydrogens is 378 g/mol. The van der Waals surface area contributed by atoms with Gasteiger partial charge in [0, 0.05) is 23.8 Å². The van der Waals surface area contributed by atoms with E-state index < -0.39 is 10.8 Å². The van der Waals surface area contributed by atoms with Crippen molar-refractivity contribution in [2.24, 2.45) is 5.10 Å². The van der Waals surface area contributed by atoms with Crippen LogP contribution in [0.5, 0.6) is 17.2 Å². The number of halogens is 1. The van der Waals surface area contributed by atoms with E-state index in [-0.39, 0.29) is 17.0 Å². The zero-order chi connectivity index (χ0) is 20.0. The lowest BCUT2D eigenvalue weighted by Crippen LogP contribution is -2.18. The number of hydrazone groups is 1. The lowest BCUT2D eigenvalue weighted by atomic mass is 10.1. The zero-order valence-electron chi connectivity index (χ0n) is 14.7. The van der Waals surface area contributed by atoms with Gasteiger partial charge in [0.05, 0.1) is 43.1 Å². The molecule has 0 spiro atoms. The Morgan fingerprint density at radius 1 is 1.11 bits per heavy atom. The van der Waals surface area contributed by atoms with Crippen molar-refractivity contribution in [3.05, 3.63) is 56.6 Å². The van der Waals surface area contributed by atoms with Crippen LogP contribution in [0.15, 0.2) is 35.4 Å². The van der Waals surface area contributed by atoms with E-state index in [4.69, 9.17) is 25.8 Å². The molecule has 0 aliphatic rings. The number of nitro groups is 1. The number of carbonyl (C=O) groups is 1. The normalized spacial score (nSPS) is 10.5. The number of nitro benzene ring substituents is 1. The van der Waals surface area contributed by atoms with Gasteiger partial charge in [0.15, 0.2) is 0 Å². The van der Waals surface area contributed by atoms with Crippen molar-refractivity contribution in [3.63, 3.8) is 0 Å². The van der Waals surface area contributed by atoms with Crippen LogP contribution in [-0.2, 0) is 0 Å². The summed E-state index contributed by atoms with van der Waals surface area (Å²) in [5, 5.41) is 15.1. The van der Waals surface area contributed by atoms with Gasteiger partial charge in [0.25, 0.3) is 11.6 Å². The highest BCUT2D eigenvalue weighted by Crippen LogP contribution is 2.31. The van der Waals surface area contributed by atoms with Gasteiger partial charge in [-0.05, 0) is 12.1 Å². The number of nitrogens with zero attached hydrogens (tertiary/aromatic N) is 2. The smallest absolute Gasteiger partial charge is 0.275 e. The van der Waals surface area contributed by atoms with Crippen LogP contribution in [0.1, 0.15) is 15.9 Å². The molecule has 0 fully saturated rings. The Balaban J connectivity index is 2.24. The van der Waals surface area contributed by atoms with Gasteiger partial charge in [0.1, 0.15) is 17.2 Å². The number of amides is 1. The summed E-state index contributed by atoms with van der Waals surface area (Å²) in [5.41, 5.74) is 2.51. The van der Waals surface area contributed by atoms with Crippen molar-refractivity contribution < 1.29 is 23.9 Å². The number of non-ortho nitro benzene ring substituents is 1. The van der Waals surface area contributed by atoms with Gasteiger partial charge >= 0.3 is 0 Å². The lowest BCUT2D eigenvalue weighted by molar-refractivity contribution is -0.384. The quantitative estimate of drug-likeness (QED) is 0.439. The van der Waals surface area contributed by atoms with Crippen LogP contribution in [-0.4, -0.2) is 38.4 Å². The molecule has 0 aliphatic carbocycles. The number of hydrogen-bond acceptors (Lipinski definition) is 7. The molecule has 0 unspecified atom stereocenters. The standard InChI is InChI=1S/C17H16ClN3O6/c1-25-14-5-4-11(21(23)24)7-12(14)17(22)20-19-9-10-6-13(18)16(27-3)8-15(10)26-2/h4-9H,1-3H3,(H,20,22)/b19-9-. The molecule has 2 aromatic rings. The van der Waals surface area contributed by atoms with E-state index >= 15 is 0 Å². The van der Waals surface area contributed by atoms with E-state index in [2.05, 4.69) is 10.5 Å². The number of benzene rings is 2. The minimum absolute atomic E-state index is 0.0245. The van der Waals surface area contributed by atoms with E-state index in [0.29, 0.717) is 22.1 Å². The van der Waals surface area contributed by atoms with Gasteiger partial charge < -0.3 is 14.2 Å². The van der Waals surface area contributed by atoms with Crippen LogP contribution in [0.2, 0.25) is 5.02 Å². The third kappa shape index (κ3) is 4.64. The first kappa shape index (κ1) is 20.0. The maximum Gasteiger partial charge on any atom is 0.275 e. The molecule has 10 heteroatoms. The minimum atomic E-state index is -0.676. The van der Waals surface area contributed by atoms with Crippen LogP contribution >= 0.6 is 11.6 Å². The Hall–Kier alpha value is -3.33. The Morgan fingerprint density at radius 2 is 1.78 bits per heavy atom. The first-order valence-corrected chi connectivity index (χ1v) is 7.86. The number of ether oxygens (including phenoxy) is 3. The highest BCUT2D eigenvalue weighted by Gasteiger charge is 2.17. The molecule has 0 bridgehead atoms. The van der Waals surface area contributed by atoms with Crippen molar-refractivity contribution in [2.45, 2.75) is 0 Å². The minimum Gasteiger partial charge on any atom is -0.496 e. The summed E-state index contributed by atoms with van der Waals surface area (Å²) in [7, 11) is 4.29. The molecule has 2 aromatic carbocycles. The van der Waals surface area contributed by atoms with Crippen molar-refractivity contribution in [1.82, 2.24) is 5.43 Å². The fourth-order valence-electron chi connectivity index (χ4n) is 2.19. The molecule has 0 atom stereocenters. The van der Waals surface area contributed by atoms with E-state index in [1.54, 1.807) is 12.1 Å². The summed E-state index contributed by atoms with van der Waals surface area (Å²) < 4.78 is 15.4. The molecule has 1 amide bonds. The topological polar surface area (TPSA) is 112 Å². The summed E-state index contributed by atoms with van der Waals surface area (Å²) in [6, 6.07) is 6.82. The van der Waals surface area contributed by atoms with Crippen LogP contribution in [0.3, 0.4) is 0 Å². The number of hydrogen-bond donors (Lipinski definition) is 1. The summed E-state index contributed by atoms with van der Waals surface area (Å²) in [4.78, 5) is 22.6. The molecule has 0 heterocycles. The molecule has 1 N–H and O–H groups in total. The third-order valence-electron chi connectivity index (χ3n) is 3.51. The van der Waals surface area contributed by atoms with Crippen molar-refractivity contribution in [1.29, 1.82) is 0 Å². The molecule has 0 aromatic heterocycles. The van der Waals surface area contributed by atoms with Gasteiger partial charge in [-0.25, -0.2) is 5.43 Å². The predicted molar refractivity (Wildman–Crippen MR) is 99.3 cm³/mol. The Labute approximate surface area is 159 Å². The van der Waals surface area contributed by atoms with Crippen LogP contribution in [0.25, 0.3) is 0 Å². The highest BCUT2D eigenvalue weighted by molar-refractivity contribution is 6.32. The zero-order valence-corrected chi connectivity index (χ0v) is 15.4. The summed E-state index contributed by atoms with van der Waals surface area (Å²) >= 11 is 6.07. The van der Waals surface area contributed by atoms with Gasteiger partial charge in [0.2, 0.25) is 0 Å². The van der Waals surface area contributed by atoms with E-state index in [0.717, 1.165) is 6.07 Å². The average molecular weight is 394 g/mol. The second-order valence-electron chi connectivity index (χ2n) is 5.07. The molecule has 0 radical (unpaired) electrons. The van der Waals surface area contributed by atoms with E-state index in [1.807, 2.05) is 0 Å². The first-order valence-electron chi connectivity index (χ1n) is 7.48. The summed E-state index contributed by atoms with van der Waals surface area (Å²) in [6.45, 7) is 0. The van der Waals surface area contributed by atoms with E-state index in [1.165, 1.54) is 39.7 Å². The fourth-order valence-corrected chi connectivity index (χ4v) is 2.44. The van der Waals surface area contributed by atoms with Crippen LogP contribution in [0.4, 0.5) is 5.69 Å². The number of nitrogens with one attached hydrogen (secondary N) is 1. The van der Waals surface area contributed by atoms with Crippen LogP contribution in [0, 0.1) is 10.1 Å². The molecule has 27 heavy (non-hydrogen) atoms.